The SMILES string of the molecule is COc1cc([N+](=O)[O-])ccc1NC(=O)[C@H](C)N1CCN(c2ccccc2)CC1. The highest BCUT2D eigenvalue weighted by Crippen LogP contribution is 2.29. The Labute approximate surface area is 163 Å². The van der Waals surface area contributed by atoms with Crippen molar-refractivity contribution in [2.45, 2.75) is 13.0 Å². The molecule has 3 rings (SSSR count). The maximum absolute atomic E-state index is 12.7. The van der Waals surface area contributed by atoms with Crippen LogP contribution in [0.25, 0.3) is 0 Å². The number of hydrogen-bond donors (Lipinski definition) is 1. The van der Waals surface area contributed by atoms with Crippen molar-refractivity contribution in [3.63, 3.8) is 0 Å². The van der Waals surface area contributed by atoms with E-state index < -0.39 is 4.92 Å². The van der Waals surface area contributed by atoms with Crippen LogP contribution in [0.3, 0.4) is 0 Å². The van der Waals surface area contributed by atoms with Crippen molar-refractivity contribution < 1.29 is 14.5 Å². The van der Waals surface area contributed by atoms with Crippen molar-refractivity contribution >= 4 is 23.0 Å². The molecule has 0 spiro atoms. The molecule has 1 aliphatic heterocycles. The molecule has 1 atom stereocenters. The zero-order valence-corrected chi connectivity index (χ0v) is 16.0. The van der Waals surface area contributed by atoms with Gasteiger partial charge in [0.2, 0.25) is 5.91 Å². The van der Waals surface area contributed by atoms with Crippen molar-refractivity contribution in [3.8, 4) is 5.75 Å². The summed E-state index contributed by atoms with van der Waals surface area (Å²) < 4.78 is 5.19. The standard InChI is InChI=1S/C20H24N4O4/c1-15(22-10-12-23(13-11-22)16-6-4-3-5-7-16)20(25)21-18-9-8-17(24(26)27)14-19(18)28-2/h3-9,14-15H,10-13H2,1-2H3,(H,21,25)/t15-/m0/s1. The number of benzene rings is 2. The summed E-state index contributed by atoms with van der Waals surface area (Å²) in [4.78, 5) is 27.5. The van der Waals surface area contributed by atoms with Crippen LogP contribution >= 0.6 is 0 Å². The van der Waals surface area contributed by atoms with Crippen molar-refractivity contribution in [2.75, 3.05) is 43.5 Å². The number of amides is 1. The summed E-state index contributed by atoms with van der Waals surface area (Å²) in [6, 6.07) is 14.1. The molecule has 0 unspecified atom stereocenters. The van der Waals surface area contributed by atoms with Crippen LogP contribution in [0.15, 0.2) is 48.5 Å². The number of piperazine rings is 1. The van der Waals surface area contributed by atoms with Crippen LogP contribution < -0.4 is 15.0 Å². The second kappa shape index (κ2) is 8.71. The van der Waals surface area contributed by atoms with Gasteiger partial charge in [0.05, 0.1) is 29.8 Å². The number of para-hydroxylation sites is 1. The number of non-ortho nitro benzene ring substituents is 1. The molecule has 1 aliphatic rings. The first-order valence-corrected chi connectivity index (χ1v) is 9.17. The Hall–Kier alpha value is -3.13. The predicted molar refractivity (Wildman–Crippen MR) is 108 cm³/mol. The van der Waals surface area contributed by atoms with Gasteiger partial charge in [-0.25, -0.2) is 0 Å². The molecule has 0 aromatic heterocycles. The molecule has 2 aromatic rings. The number of nitro groups is 1. The van der Waals surface area contributed by atoms with Gasteiger partial charge in [-0.3, -0.25) is 19.8 Å². The fourth-order valence-electron chi connectivity index (χ4n) is 3.31. The Morgan fingerprint density at radius 3 is 2.43 bits per heavy atom. The Balaban J connectivity index is 1.60. The molecule has 148 valence electrons. The molecule has 0 saturated carbocycles. The van der Waals surface area contributed by atoms with E-state index in [0.717, 1.165) is 26.2 Å². The summed E-state index contributed by atoms with van der Waals surface area (Å²) in [6.45, 7) is 5.12. The van der Waals surface area contributed by atoms with E-state index in [1.54, 1.807) is 0 Å². The smallest absolute Gasteiger partial charge is 0.273 e. The normalized spacial score (nSPS) is 15.7. The first-order chi connectivity index (χ1) is 13.5. The molecule has 1 heterocycles. The summed E-state index contributed by atoms with van der Waals surface area (Å²) in [5.41, 5.74) is 1.53. The molecule has 28 heavy (non-hydrogen) atoms. The van der Waals surface area contributed by atoms with E-state index >= 15 is 0 Å². The van der Waals surface area contributed by atoms with Crippen LogP contribution in [0.1, 0.15) is 6.92 Å². The average Bonchev–Trinajstić information content (AvgIpc) is 2.74. The lowest BCUT2D eigenvalue weighted by Crippen LogP contribution is -2.52. The highest BCUT2D eigenvalue weighted by atomic mass is 16.6. The highest BCUT2D eigenvalue weighted by Gasteiger charge is 2.26. The topological polar surface area (TPSA) is 87.9 Å². The van der Waals surface area contributed by atoms with Crippen molar-refractivity contribution in [2.24, 2.45) is 0 Å². The number of hydrogen-bond acceptors (Lipinski definition) is 6. The maximum atomic E-state index is 12.7. The third-order valence-corrected chi connectivity index (χ3v) is 5.02. The Morgan fingerprint density at radius 2 is 1.82 bits per heavy atom. The first kappa shape index (κ1) is 19.6. The summed E-state index contributed by atoms with van der Waals surface area (Å²) >= 11 is 0. The van der Waals surface area contributed by atoms with Gasteiger partial charge in [0, 0.05) is 37.9 Å². The predicted octanol–water partition coefficient (Wildman–Crippen LogP) is 2.75. The van der Waals surface area contributed by atoms with Gasteiger partial charge >= 0.3 is 0 Å². The summed E-state index contributed by atoms with van der Waals surface area (Å²) in [7, 11) is 1.42. The van der Waals surface area contributed by atoms with Gasteiger partial charge in [0.25, 0.3) is 5.69 Å². The van der Waals surface area contributed by atoms with Gasteiger partial charge in [0.1, 0.15) is 5.75 Å². The summed E-state index contributed by atoms with van der Waals surface area (Å²) in [5.74, 6) is 0.101. The van der Waals surface area contributed by atoms with E-state index in [2.05, 4.69) is 27.2 Å². The van der Waals surface area contributed by atoms with Gasteiger partial charge in [0.15, 0.2) is 0 Å². The van der Waals surface area contributed by atoms with Gasteiger partial charge in [-0.1, -0.05) is 18.2 Å². The molecule has 1 saturated heterocycles. The maximum Gasteiger partial charge on any atom is 0.273 e. The minimum atomic E-state index is -0.497. The van der Waals surface area contributed by atoms with Crippen LogP contribution in [0.2, 0.25) is 0 Å². The molecule has 1 fully saturated rings. The molecule has 8 nitrogen and oxygen atoms in total. The third kappa shape index (κ3) is 4.40. The molecular formula is C20H24N4O4. The highest BCUT2D eigenvalue weighted by molar-refractivity contribution is 5.96. The van der Waals surface area contributed by atoms with Crippen molar-refractivity contribution in [1.29, 1.82) is 0 Å². The number of methoxy groups -OCH3 is 1. The molecule has 8 heteroatoms. The lowest BCUT2D eigenvalue weighted by molar-refractivity contribution is -0.384. The Bertz CT molecular complexity index is 835. The lowest BCUT2D eigenvalue weighted by atomic mass is 10.2. The zero-order valence-electron chi connectivity index (χ0n) is 16.0. The number of carbonyl (C=O) groups excluding carboxylic acids is 1. The largest absolute Gasteiger partial charge is 0.494 e. The van der Waals surface area contributed by atoms with Crippen LogP contribution in [-0.2, 0) is 4.79 Å². The van der Waals surface area contributed by atoms with Gasteiger partial charge < -0.3 is 15.0 Å². The van der Waals surface area contributed by atoms with E-state index in [1.165, 1.54) is 31.0 Å². The summed E-state index contributed by atoms with van der Waals surface area (Å²) in [5, 5.41) is 13.7. The molecule has 0 aliphatic carbocycles. The molecule has 1 amide bonds. The fourth-order valence-corrected chi connectivity index (χ4v) is 3.31. The molecule has 1 N–H and O–H groups in total. The van der Waals surface area contributed by atoms with Gasteiger partial charge in [-0.15, -0.1) is 0 Å². The number of nitrogens with one attached hydrogen (secondary N) is 1. The van der Waals surface area contributed by atoms with Crippen LogP contribution in [0.5, 0.6) is 5.75 Å². The molecular weight excluding hydrogens is 360 g/mol. The first-order valence-electron chi connectivity index (χ1n) is 9.17. The number of nitrogens with zero attached hydrogens (tertiary/aromatic N) is 3. The summed E-state index contributed by atoms with van der Waals surface area (Å²) in [6.07, 6.45) is 0. The second-order valence-corrected chi connectivity index (χ2v) is 6.67. The van der Waals surface area contributed by atoms with Crippen LogP contribution in [0, 0.1) is 10.1 Å². The third-order valence-electron chi connectivity index (χ3n) is 5.02. The van der Waals surface area contributed by atoms with Gasteiger partial charge in [-0.2, -0.15) is 0 Å². The minimum Gasteiger partial charge on any atom is -0.494 e. The van der Waals surface area contributed by atoms with Crippen LogP contribution in [-0.4, -0.2) is 55.1 Å². The van der Waals surface area contributed by atoms with Crippen LogP contribution in [0.4, 0.5) is 17.1 Å². The van der Waals surface area contributed by atoms with Crippen molar-refractivity contribution in [3.05, 3.63) is 58.6 Å². The number of rotatable bonds is 6. The van der Waals surface area contributed by atoms with E-state index in [9.17, 15) is 14.9 Å². The van der Waals surface area contributed by atoms with Gasteiger partial charge in [-0.05, 0) is 25.1 Å². The molecule has 2 aromatic carbocycles. The van der Waals surface area contributed by atoms with E-state index in [4.69, 9.17) is 4.74 Å². The van der Waals surface area contributed by atoms with E-state index in [-0.39, 0.29) is 23.4 Å². The lowest BCUT2D eigenvalue weighted by Gasteiger charge is -2.38. The Kier molecular flexibility index (Phi) is 6.10. The average molecular weight is 384 g/mol. The quantitative estimate of drug-likeness (QED) is 0.609. The molecule has 0 radical (unpaired) electrons. The Morgan fingerprint density at radius 1 is 1.14 bits per heavy atom. The zero-order chi connectivity index (χ0) is 20.1. The number of anilines is 2. The fraction of sp³-hybridized carbons (Fsp3) is 0.350. The number of carbonyl (C=O) groups is 1. The van der Waals surface area contributed by atoms with Crippen molar-refractivity contribution in [1.82, 2.24) is 4.90 Å². The number of nitro benzene ring substituents is 1. The van der Waals surface area contributed by atoms with E-state index in [1.807, 2.05) is 25.1 Å². The van der Waals surface area contributed by atoms with E-state index in [0.29, 0.717) is 5.69 Å². The molecule has 0 bridgehead atoms. The monoisotopic (exact) mass is 384 g/mol. The minimum absolute atomic E-state index is 0.0834. The second-order valence-electron chi connectivity index (χ2n) is 6.67. The number of ether oxygens (including phenoxy) is 1.